The Morgan fingerprint density at radius 3 is 2.68 bits per heavy atom. The summed E-state index contributed by atoms with van der Waals surface area (Å²) < 4.78 is 0.813. The van der Waals surface area contributed by atoms with E-state index in [0.717, 1.165) is 10.1 Å². The van der Waals surface area contributed by atoms with Crippen molar-refractivity contribution in [3.8, 4) is 11.3 Å². The molecule has 3 aromatic rings. The smallest absolute Gasteiger partial charge is 0.309 e. The van der Waals surface area contributed by atoms with E-state index in [4.69, 9.17) is 17.0 Å². The molecule has 0 saturated heterocycles. The number of hydrogen-bond acceptors (Lipinski definition) is 6. The van der Waals surface area contributed by atoms with Gasteiger partial charge in [-0.3, -0.25) is 19.3 Å². The maximum absolute atomic E-state index is 12.2. The molecule has 1 aromatic carbocycles. The van der Waals surface area contributed by atoms with Crippen LogP contribution in [0.25, 0.3) is 11.3 Å². The molecular formula is C17H15ClN6O3S. The van der Waals surface area contributed by atoms with E-state index in [1.54, 1.807) is 30.3 Å². The fraction of sp³-hybridized carbons (Fsp3) is 0.118. The molecule has 1 amide bonds. The molecule has 0 spiro atoms. The molecule has 0 fully saturated rings. The van der Waals surface area contributed by atoms with Crippen LogP contribution in [-0.2, 0) is 11.8 Å². The standard InChI is InChI=1S/C17H15ClN6O3S/c1-24-16(26)14(15(28)21-17(24)27)10(19)6-13(25)20-12-7-11(22-23-12)8-2-4-9(18)5-3-8/h2-5,7,19,28H,6H2,1H3,(H,21,27)(H2,20,22,23,25). The number of benzene rings is 1. The largest absolute Gasteiger partial charge is 0.328 e. The summed E-state index contributed by atoms with van der Waals surface area (Å²) in [5.74, 6) is -0.275. The Labute approximate surface area is 168 Å². The third-order valence-electron chi connectivity index (χ3n) is 3.92. The summed E-state index contributed by atoms with van der Waals surface area (Å²) in [7, 11) is 1.27. The summed E-state index contributed by atoms with van der Waals surface area (Å²) >= 11 is 9.89. The molecule has 0 radical (unpaired) electrons. The molecule has 11 heteroatoms. The Morgan fingerprint density at radius 2 is 2.00 bits per heavy atom. The van der Waals surface area contributed by atoms with Crippen LogP contribution in [0.3, 0.4) is 0 Å². The fourth-order valence-corrected chi connectivity index (χ4v) is 2.93. The second-order valence-electron chi connectivity index (χ2n) is 5.90. The van der Waals surface area contributed by atoms with Crippen LogP contribution in [0.15, 0.2) is 44.9 Å². The molecule has 0 aliphatic rings. The van der Waals surface area contributed by atoms with Crippen LogP contribution in [0.2, 0.25) is 5.02 Å². The van der Waals surface area contributed by atoms with Crippen molar-refractivity contribution in [3.63, 3.8) is 0 Å². The second-order valence-corrected chi connectivity index (χ2v) is 6.78. The van der Waals surface area contributed by atoms with Crippen molar-refractivity contribution >= 4 is 41.7 Å². The van der Waals surface area contributed by atoms with Crippen LogP contribution >= 0.6 is 24.2 Å². The number of carbonyl (C=O) groups excluding carboxylic acids is 1. The first kappa shape index (κ1) is 19.6. The summed E-state index contributed by atoms with van der Waals surface area (Å²) in [5.41, 5.74) is -0.244. The van der Waals surface area contributed by atoms with Crippen molar-refractivity contribution in [2.45, 2.75) is 11.4 Å². The molecule has 0 atom stereocenters. The van der Waals surface area contributed by atoms with Crippen molar-refractivity contribution in [1.29, 1.82) is 5.41 Å². The van der Waals surface area contributed by atoms with Gasteiger partial charge in [0.15, 0.2) is 5.82 Å². The number of aromatic nitrogens is 4. The van der Waals surface area contributed by atoms with Gasteiger partial charge >= 0.3 is 5.69 Å². The van der Waals surface area contributed by atoms with Gasteiger partial charge in [0.05, 0.1) is 28.4 Å². The van der Waals surface area contributed by atoms with Gasteiger partial charge in [-0.1, -0.05) is 23.7 Å². The number of nitrogens with zero attached hydrogens (tertiary/aromatic N) is 2. The monoisotopic (exact) mass is 418 g/mol. The lowest BCUT2D eigenvalue weighted by Gasteiger charge is -2.07. The zero-order valence-electron chi connectivity index (χ0n) is 14.5. The maximum atomic E-state index is 12.2. The molecule has 0 unspecified atom stereocenters. The first-order valence-electron chi connectivity index (χ1n) is 7.97. The van der Waals surface area contributed by atoms with Crippen molar-refractivity contribution in [1.82, 2.24) is 19.7 Å². The number of carbonyl (C=O) groups is 1. The number of hydrogen-bond donors (Lipinski definition) is 5. The molecule has 0 aliphatic carbocycles. The molecule has 2 heterocycles. The fourth-order valence-electron chi connectivity index (χ4n) is 2.48. The van der Waals surface area contributed by atoms with Crippen molar-refractivity contribution in [2.75, 3.05) is 5.32 Å². The van der Waals surface area contributed by atoms with Crippen LogP contribution in [0.4, 0.5) is 5.82 Å². The van der Waals surface area contributed by atoms with E-state index in [2.05, 4.69) is 33.1 Å². The SMILES string of the molecule is Cn1c(=O)[nH]c(S)c(C(=N)CC(=O)Nc2cc(-c3ccc(Cl)cc3)[nH]n2)c1=O. The molecule has 0 aliphatic heterocycles. The van der Waals surface area contributed by atoms with E-state index in [9.17, 15) is 14.4 Å². The van der Waals surface area contributed by atoms with Gasteiger partial charge < -0.3 is 15.7 Å². The lowest BCUT2D eigenvalue weighted by Crippen LogP contribution is -2.37. The Morgan fingerprint density at radius 1 is 1.32 bits per heavy atom. The van der Waals surface area contributed by atoms with E-state index in [1.165, 1.54) is 7.05 Å². The highest BCUT2D eigenvalue weighted by atomic mass is 35.5. The summed E-state index contributed by atoms with van der Waals surface area (Å²) in [6.45, 7) is 0. The Kier molecular flexibility index (Phi) is 5.52. The molecule has 2 aromatic heterocycles. The number of anilines is 1. The summed E-state index contributed by atoms with van der Waals surface area (Å²) in [4.78, 5) is 38.3. The van der Waals surface area contributed by atoms with Gasteiger partial charge in [0, 0.05) is 18.1 Å². The number of H-pyrrole nitrogens is 2. The molecule has 144 valence electrons. The number of aromatic amines is 2. The van der Waals surface area contributed by atoms with Crippen molar-refractivity contribution in [2.24, 2.45) is 7.05 Å². The Bertz CT molecular complexity index is 1180. The molecular weight excluding hydrogens is 404 g/mol. The molecule has 28 heavy (non-hydrogen) atoms. The van der Waals surface area contributed by atoms with Crippen LogP contribution in [0, 0.1) is 5.41 Å². The maximum Gasteiger partial charge on any atom is 0.328 e. The van der Waals surface area contributed by atoms with Gasteiger partial charge in [-0.2, -0.15) is 5.10 Å². The van der Waals surface area contributed by atoms with Gasteiger partial charge in [-0.15, -0.1) is 12.6 Å². The lowest BCUT2D eigenvalue weighted by atomic mass is 10.1. The number of nitrogens with one attached hydrogen (secondary N) is 4. The third kappa shape index (κ3) is 4.07. The van der Waals surface area contributed by atoms with E-state index in [-0.39, 0.29) is 22.1 Å². The highest BCUT2D eigenvalue weighted by Crippen LogP contribution is 2.21. The number of halogens is 1. The first-order chi connectivity index (χ1) is 13.3. The summed E-state index contributed by atoms with van der Waals surface area (Å²) in [6.07, 6.45) is -0.391. The van der Waals surface area contributed by atoms with Crippen molar-refractivity contribution in [3.05, 3.63) is 61.8 Å². The van der Waals surface area contributed by atoms with E-state index >= 15 is 0 Å². The van der Waals surface area contributed by atoms with Crippen LogP contribution in [0.1, 0.15) is 12.0 Å². The Hall–Kier alpha value is -3.11. The minimum Gasteiger partial charge on any atom is -0.309 e. The Balaban J connectivity index is 1.72. The molecule has 0 saturated carbocycles. The van der Waals surface area contributed by atoms with E-state index in [1.807, 2.05) is 0 Å². The highest BCUT2D eigenvalue weighted by Gasteiger charge is 2.18. The van der Waals surface area contributed by atoms with Crippen LogP contribution < -0.4 is 16.6 Å². The molecule has 9 nitrogen and oxygen atoms in total. The molecule has 3 rings (SSSR count). The number of thiol groups is 1. The molecule has 0 bridgehead atoms. The number of amides is 1. The van der Waals surface area contributed by atoms with Crippen LogP contribution in [0.5, 0.6) is 0 Å². The zero-order valence-corrected chi connectivity index (χ0v) is 16.2. The van der Waals surface area contributed by atoms with Gasteiger partial charge in [-0.25, -0.2) is 4.79 Å². The molecule has 4 N–H and O–H groups in total. The predicted octanol–water partition coefficient (Wildman–Crippen LogP) is 1.80. The van der Waals surface area contributed by atoms with Gasteiger partial charge in [0.25, 0.3) is 5.56 Å². The van der Waals surface area contributed by atoms with Gasteiger partial charge in [0.1, 0.15) is 0 Å². The third-order valence-corrected chi connectivity index (χ3v) is 4.51. The first-order valence-corrected chi connectivity index (χ1v) is 8.80. The van der Waals surface area contributed by atoms with Gasteiger partial charge in [-0.05, 0) is 17.7 Å². The minimum atomic E-state index is -0.698. The van der Waals surface area contributed by atoms with Gasteiger partial charge in [0.2, 0.25) is 5.91 Å². The average Bonchev–Trinajstić information content (AvgIpc) is 3.08. The second kappa shape index (κ2) is 7.87. The summed E-state index contributed by atoms with van der Waals surface area (Å²) in [6, 6.07) is 8.70. The average molecular weight is 419 g/mol. The normalized spacial score (nSPS) is 10.7. The summed E-state index contributed by atoms with van der Waals surface area (Å²) in [5, 5.41) is 18.0. The minimum absolute atomic E-state index is 0.0595. The highest BCUT2D eigenvalue weighted by molar-refractivity contribution is 7.80. The van der Waals surface area contributed by atoms with Crippen molar-refractivity contribution < 1.29 is 4.79 Å². The predicted molar refractivity (Wildman–Crippen MR) is 109 cm³/mol. The lowest BCUT2D eigenvalue weighted by molar-refractivity contribution is -0.115. The van der Waals surface area contributed by atoms with Crippen LogP contribution in [-0.4, -0.2) is 31.4 Å². The zero-order chi connectivity index (χ0) is 20.4. The van der Waals surface area contributed by atoms with E-state index in [0.29, 0.717) is 10.7 Å². The van der Waals surface area contributed by atoms with E-state index < -0.39 is 23.6 Å². The quantitative estimate of drug-likeness (QED) is 0.245. The number of rotatable bonds is 5. The topological polar surface area (TPSA) is 136 Å².